The minimum Gasteiger partial charge on any atom is -0.450 e. The van der Waals surface area contributed by atoms with Gasteiger partial charge in [0.1, 0.15) is 0 Å². The zero-order valence-corrected chi connectivity index (χ0v) is 15.5. The van der Waals surface area contributed by atoms with E-state index in [0.29, 0.717) is 0 Å². The van der Waals surface area contributed by atoms with Gasteiger partial charge in [0.05, 0.1) is 19.3 Å². The topological polar surface area (TPSA) is 163 Å². The van der Waals surface area contributed by atoms with Gasteiger partial charge in [0.25, 0.3) is 0 Å². The fourth-order valence-corrected chi connectivity index (χ4v) is 0.940. The fourth-order valence-electron chi connectivity index (χ4n) is 0.940. The Morgan fingerprint density at radius 2 is 1.00 bits per heavy atom. The predicted octanol–water partition coefficient (Wildman–Crippen LogP) is 4.64. The van der Waals surface area contributed by atoms with E-state index in [2.05, 4.69) is 18.7 Å². The summed E-state index contributed by atoms with van der Waals surface area (Å²) in [6.45, 7) is 9.37. The highest BCUT2D eigenvalue weighted by Crippen LogP contribution is 1.97. The van der Waals surface area contributed by atoms with Gasteiger partial charge in [-0.1, -0.05) is 39.5 Å². The first-order valence-electron chi connectivity index (χ1n) is 8.03. The van der Waals surface area contributed by atoms with Crippen LogP contribution >= 0.6 is 0 Å². The van der Waals surface area contributed by atoms with Crippen molar-refractivity contribution in [3.05, 3.63) is 0 Å². The second-order valence-electron chi connectivity index (χ2n) is 4.78. The maximum absolute atomic E-state index is 8.56. The van der Waals surface area contributed by atoms with Crippen molar-refractivity contribution in [1.29, 1.82) is 0 Å². The summed E-state index contributed by atoms with van der Waals surface area (Å²) < 4.78 is 0. The first kappa shape index (κ1) is 31.2. The highest BCUT2D eigenvalue weighted by atomic mass is 17.2. The fraction of sp³-hybridized carbons (Fsp3) is 0.867. The average Bonchev–Trinajstić information content (AvgIpc) is 2.49. The van der Waals surface area contributed by atoms with Gasteiger partial charge in [-0.2, -0.15) is 0 Å². The Morgan fingerprint density at radius 1 is 0.760 bits per heavy atom. The van der Waals surface area contributed by atoms with Crippen LogP contribution in [0.4, 0.5) is 9.59 Å². The van der Waals surface area contributed by atoms with Crippen LogP contribution in [0, 0.1) is 0 Å². The van der Waals surface area contributed by atoms with Crippen LogP contribution in [0.2, 0.25) is 0 Å². The van der Waals surface area contributed by atoms with Gasteiger partial charge >= 0.3 is 12.3 Å². The number of hydrogen-bond donors (Lipinski definition) is 5. The smallest absolute Gasteiger partial charge is 0.450 e. The molecule has 0 saturated heterocycles. The van der Waals surface area contributed by atoms with Crippen LogP contribution in [0.25, 0.3) is 0 Å². The summed E-state index contributed by atoms with van der Waals surface area (Å²) in [6, 6.07) is 0. The third-order valence-corrected chi connectivity index (χ3v) is 1.96. The van der Waals surface area contributed by atoms with Crippen molar-refractivity contribution >= 4 is 12.3 Å². The third-order valence-electron chi connectivity index (χ3n) is 1.96. The van der Waals surface area contributed by atoms with E-state index in [4.69, 9.17) is 45.0 Å². The predicted molar refractivity (Wildman–Crippen MR) is 91.1 cm³/mol. The molecule has 0 atom stereocenters. The lowest BCUT2D eigenvalue weighted by Crippen LogP contribution is -1.98. The largest absolute Gasteiger partial charge is 0.503 e. The van der Waals surface area contributed by atoms with Crippen molar-refractivity contribution < 1.29 is 49.9 Å². The molecule has 10 heteroatoms. The van der Waals surface area contributed by atoms with Crippen LogP contribution in [0.3, 0.4) is 0 Å². The number of hydrogen-bond acceptors (Lipinski definition) is 6. The highest BCUT2D eigenvalue weighted by molar-refractivity contribution is 5.53. The molecule has 0 aromatic carbocycles. The molecule has 10 nitrogen and oxygen atoms in total. The number of carboxylic acid groups (broad SMARTS) is 4. The minimum absolute atomic E-state index is 0.0602. The zero-order valence-electron chi connectivity index (χ0n) is 15.5. The van der Waals surface area contributed by atoms with Gasteiger partial charge in [-0.25, -0.2) is 24.3 Å². The van der Waals surface area contributed by atoms with E-state index in [9.17, 15) is 0 Å². The highest BCUT2D eigenvalue weighted by Gasteiger charge is 1.89. The molecular formula is C15H34O10. The SMILES string of the molecule is CC(C)OO.CCCCCOOCCCCC.O=C(O)O.O=C(O)O. The van der Waals surface area contributed by atoms with Crippen molar-refractivity contribution in [2.75, 3.05) is 13.2 Å². The van der Waals surface area contributed by atoms with E-state index in [0.717, 1.165) is 26.1 Å². The van der Waals surface area contributed by atoms with Gasteiger partial charge in [-0.3, -0.25) is 5.26 Å². The number of rotatable bonds is 10. The second-order valence-corrected chi connectivity index (χ2v) is 4.78. The summed E-state index contributed by atoms with van der Waals surface area (Å²) in [6.07, 6.45) is 3.44. The second kappa shape index (κ2) is 30.3. The maximum atomic E-state index is 8.56. The van der Waals surface area contributed by atoms with Crippen molar-refractivity contribution in [1.82, 2.24) is 0 Å². The molecule has 0 saturated carbocycles. The Morgan fingerprint density at radius 3 is 1.16 bits per heavy atom. The van der Waals surface area contributed by atoms with E-state index >= 15 is 0 Å². The van der Waals surface area contributed by atoms with Crippen LogP contribution in [0.1, 0.15) is 66.2 Å². The Balaban J connectivity index is -0.000000140. The van der Waals surface area contributed by atoms with Gasteiger partial charge in [-0.05, 0) is 26.7 Å². The van der Waals surface area contributed by atoms with Crippen LogP contribution in [-0.4, -0.2) is 57.3 Å². The molecule has 0 bridgehead atoms. The Hall–Kier alpha value is -1.62. The molecule has 25 heavy (non-hydrogen) atoms. The van der Waals surface area contributed by atoms with Crippen LogP contribution in [0.5, 0.6) is 0 Å². The summed E-state index contributed by atoms with van der Waals surface area (Å²) >= 11 is 0. The first-order chi connectivity index (χ1) is 11.6. The Labute approximate surface area is 148 Å². The van der Waals surface area contributed by atoms with Gasteiger partial charge in [0.15, 0.2) is 0 Å². The van der Waals surface area contributed by atoms with E-state index in [1.165, 1.54) is 25.7 Å². The molecule has 0 amide bonds. The number of carbonyl (C=O) groups is 2. The van der Waals surface area contributed by atoms with Crippen molar-refractivity contribution in [2.24, 2.45) is 0 Å². The van der Waals surface area contributed by atoms with Crippen molar-refractivity contribution in [2.45, 2.75) is 72.3 Å². The molecule has 0 heterocycles. The molecule has 0 aromatic heterocycles. The molecule has 0 aromatic rings. The molecule has 0 fully saturated rings. The van der Waals surface area contributed by atoms with Gasteiger partial charge in [0.2, 0.25) is 0 Å². The van der Waals surface area contributed by atoms with Gasteiger partial charge in [0, 0.05) is 0 Å². The van der Waals surface area contributed by atoms with Gasteiger partial charge < -0.3 is 20.4 Å². The molecule has 5 N–H and O–H groups in total. The summed E-state index contributed by atoms with van der Waals surface area (Å²) in [4.78, 5) is 30.8. The molecule has 0 unspecified atom stereocenters. The number of unbranched alkanes of at least 4 members (excludes halogenated alkanes) is 4. The molecule has 0 aliphatic heterocycles. The standard InChI is InChI=1S/C10H22O2.C3H8O2.2CH2O3/c1-3-5-7-9-11-12-10-8-6-4-2;1-3(2)5-4;2*2-1(3)4/h3-10H2,1-2H3;3-4H,1-2H3;2*(H2,2,3,4). The van der Waals surface area contributed by atoms with E-state index in [-0.39, 0.29) is 6.10 Å². The van der Waals surface area contributed by atoms with Crippen molar-refractivity contribution in [3.8, 4) is 0 Å². The molecule has 0 aliphatic rings. The minimum atomic E-state index is -1.83. The zero-order chi connectivity index (χ0) is 20.5. The summed E-state index contributed by atoms with van der Waals surface area (Å²) in [5, 5.41) is 35.5. The summed E-state index contributed by atoms with van der Waals surface area (Å²) in [5.41, 5.74) is 0. The monoisotopic (exact) mass is 374 g/mol. The average molecular weight is 374 g/mol. The normalized spacial score (nSPS) is 8.88. The molecular weight excluding hydrogens is 340 g/mol. The summed E-state index contributed by atoms with van der Waals surface area (Å²) in [5.74, 6) is 0. The molecule has 0 spiro atoms. The van der Waals surface area contributed by atoms with Crippen molar-refractivity contribution in [3.63, 3.8) is 0 Å². The van der Waals surface area contributed by atoms with E-state index in [1.54, 1.807) is 13.8 Å². The van der Waals surface area contributed by atoms with Crippen LogP contribution in [0.15, 0.2) is 0 Å². The molecule has 0 rings (SSSR count). The quantitative estimate of drug-likeness (QED) is 0.207. The Kier molecular flexibility index (Phi) is 37.8. The van der Waals surface area contributed by atoms with Gasteiger partial charge in [-0.15, -0.1) is 0 Å². The van der Waals surface area contributed by atoms with E-state index < -0.39 is 12.3 Å². The maximum Gasteiger partial charge on any atom is 0.503 e. The van der Waals surface area contributed by atoms with Crippen LogP contribution < -0.4 is 0 Å². The van der Waals surface area contributed by atoms with Crippen LogP contribution in [-0.2, 0) is 14.7 Å². The lowest BCUT2D eigenvalue weighted by Gasteiger charge is -2.02. The Bertz CT molecular complexity index is 229. The lowest BCUT2D eigenvalue weighted by molar-refractivity contribution is -0.295. The third kappa shape index (κ3) is 106. The summed E-state index contributed by atoms with van der Waals surface area (Å²) in [7, 11) is 0. The molecule has 154 valence electrons. The first-order valence-corrected chi connectivity index (χ1v) is 8.03. The lowest BCUT2D eigenvalue weighted by atomic mass is 10.3. The molecule has 0 aliphatic carbocycles. The van der Waals surface area contributed by atoms with E-state index in [1.807, 2.05) is 0 Å². The molecule has 0 radical (unpaired) electrons.